The number of halogens is 1. The molecule has 2 unspecified atom stereocenters. The quantitative estimate of drug-likeness (QED) is 0.831. The predicted octanol–water partition coefficient (Wildman–Crippen LogP) is 2.96. The van der Waals surface area contributed by atoms with Crippen LogP contribution in [0.4, 0.5) is 4.39 Å². The van der Waals surface area contributed by atoms with E-state index in [0.29, 0.717) is 17.9 Å². The Hall–Kier alpha value is -0.960. The molecule has 3 heteroatoms. The third kappa shape index (κ3) is 3.01. The normalized spacial score (nSPS) is 15.1. The number of hydrogen-bond acceptors (Lipinski definition) is 2. The number of rotatable bonds is 5. The van der Waals surface area contributed by atoms with Gasteiger partial charge in [-0.05, 0) is 31.5 Å². The summed E-state index contributed by atoms with van der Waals surface area (Å²) in [5, 5.41) is 3.33. The molecule has 0 amide bonds. The van der Waals surface area contributed by atoms with E-state index < -0.39 is 0 Å². The number of nitrogens with zero attached hydrogens (tertiary/aromatic N) is 1. The maximum Gasteiger partial charge on any atom is 0.141 e. The van der Waals surface area contributed by atoms with Crippen LogP contribution in [0, 0.1) is 11.7 Å². The molecule has 0 aliphatic carbocycles. The first-order valence-corrected chi connectivity index (χ1v) is 5.88. The minimum absolute atomic E-state index is 0.274. The van der Waals surface area contributed by atoms with E-state index in [0.717, 1.165) is 12.1 Å². The van der Waals surface area contributed by atoms with E-state index in [2.05, 4.69) is 31.1 Å². The topological polar surface area (TPSA) is 24.9 Å². The molecular weight excluding hydrogens is 203 g/mol. The maximum atomic E-state index is 12.8. The zero-order valence-electron chi connectivity index (χ0n) is 10.5. The van der Waals surface area contributed by atoms with Crippen LogP contribution in [0.25, 0.3) is 0 Å². The highest BCUT2D eigenvalue weighted by molar-refractivity contribution is 5.13. The average molecular weight is 224 g/mol. The monoisotopic (exact) mass is 224 g/mol. The molecule has 2 atom stereocenters. The van der Waals surface area contributed by atoms with Gasteiger partial charge in [-0.15, -0.1) is 0 Å². The third-order valence-electron chi connectivity index (χ3n) is 3.06. The van der Waals surface area contributed by atoms with Gasteiger partial charge in [-0.25, -0.2) is 4.39 Å². The van der Waals surface area contributed by atoms with Gasteiger partial charge in [0.2, 0.25) is 0 Å². The summed E-state index contributed by atoms with van der Waals surface area (Å²) in [5.41, 5.74) is 0.969. The van der Waals surface area contributed by atoms with Gasteiger partial charge in [0.15, 0.2) is 0 Å². The lowest BCUT2D eigenvalue weighted by Gasteiger charge is -2.28. The Morgan fingerprint density at radius 1 is 1.38 bits per heavy atom. The van der Waals surface area contributed by atoms with Crippen LogP contribution in [0.5, 0.6) is 0 Å². The third-order valence-corrected chi connectivity index (χ3v) is 3.06. The Morgan fingerprint density at radius 3 is 2.44 bits per heavy atom. The zero-order chi connectivity index (χ0) is 12.1. The Bertz CT molecular complexity index is 308. The summed E-state index contributed by atoms with van der Waals surface area (Å²) in [6, 6.07) is 3.65. The van der Waals surface area contributed by atoms with E-state index in [1.807, 2.05) is 7.05 Å². The zero-order valence-corrected chi connectivity index (χ0v) is 10.5. The fraction of sp³-hybridized carbons (Fsp3) is 0.615. The second-order valence-corrected chi connectivity index (χ2v) is 4.47. The molecule has 1 aromatic heterocycles. The standard InChI is InChI=1S/C13H21FN2/c1-5-11(13(15-4)9(2)3)12-7-6-10(14)8-16-12/h6-9,11,13,15H,5H2,1-4H3. The van der Waals surface area contributed by atoms with E-state index in [1.165, 1.54) is 12.3 Å². The largest absolute Gasteiger partial charge is 0.316 e. The average Bonchev–Trinajstić information content (AvgIpc) is 2.26. The van der Waals surface area contributed by atoms with E-state index in [-0.39, 0.29) is 5.82 Å². The van der Waals surface area contributed by atoms with E-state index >= 15 is 0 Å². The summed E-state index contributed by atoms with van der Waals surface area (Å²) in [4.78, 5) is 4.19. The molecule has 90 valence electrons. The Labute approximate surface area is 97.3 Å². The van der Waals surface area contributed by atoms with Crippen LogP contribution < -0.4 is 5.32 Å². The molecule has 0 spiro atoms. The molecule has 1 aromatic rings. The minimum atomic E-state index is -0.274. The van der Waals surface area contributed by atoms with Crippen molar-refractivity contribution in [2.45, 2.75) is 39.2 Å². The van der Waals surface area contributed by atoms with Crippen LogP contribution in [-0.2, 0) is 0 Å². The number of likely N-dealkylation sites (N-methyl/N-ethyl adjacent to an activating group) is 1. The first-order chi connectivity index (χ1) is 7.60. The second kappa shape index (κ2) is 5.94. The first kappa shape index (κ1) is 13.1. The van der Waals surface area contributed by atoms with Crippen molar-refractivity contribution >= 4 is 0 Å². The van der Waals surface area contributed by atoms with Crippen LogP contribution in [0.15, 0.2) is 18.3 Å². The molecule has 16 heavy (non-hydrogen) atoms. The molecule has 0 aromatic carbocycles. The van der Waals surface area contributed by atoms with E-state index in [9.17, 15) is 4.39 Å². The van der Waals surface area contributed by atoms with Gasteiger partial charge in [0.05, 0.1) is 6.20 Å². The second-order valence-electron chi connectivity index (χ2n) is 4.47. The van der Waals surface area contributed by atoms with Gasteiger partial charge >= 0.3 is 0 Å². The lowest BCUT2D eigenvalue weighted by molar-refractivity contribution is 0.350. The molecule has 0 fully saturated rings. The summed E-state index contributed by atoms with van der Waals surface area (Å²) in [6.07, 6.45) is 2.30. The Balaban J connectivity index is 2.92. The van der Waals surface area contributed by atoms with Gasteiger partial charge in [0.1, 0.15) is 5.82 Å². The minimum Gasteiger partial charge on any atom is -0.316 e. The number of nitrogens with one attached hydrogen (secondary N) is 1. The highest BCUT2D eigenvalue weighted by atomic mass is 19.1. The summed E-state index contributed by atoms with van der Waals surface area (Å²) < 4.78 is 12.8. The number of pyridine rings is 1. The Morgan fingerprint density at radius 2 is 2.06 bits per heavy atom. The maximum absolute atomic E-state index is 12.8. The molecule has 0 saturated heterocycles. The van der Waals surface area contributed by atoms with Crippen molar-refractivity contribution in [3.63, 3.8) is 0 Å². The molecular formula is C13H21FN2. The van der Waals surface area contributed by atoms with Gasteiger partial charge in [0.25, 0.3) is 0 Å². The summed E-state index contributed by atoms with van der Waals surface area (Å²) in [5.74, 6) is 0.594. The lowest BCUT2D eigenvalue weighted by Crippen LogP contribution is -2.37. The molecule has 2 nitrogen and oxygen atoms in total. The highest BCUT2D eigenvalue weighted by Gasteiger charge is 2.23. The fourth-order valence-corrected chi connectivity index (χ4v) is 2.25. The van der Waals surface area contributed by atoms with E-state index in [4.69, 9.17) is 0 Å². The summed E-state index contributed by atoms with van der Waals surface area (Å²) in [6.45, 7) is 6.52. The Kier molecular flexibility index (Phi) is 4.87. The molecule has 1 heterocycles. The van der Waals surface area contributed by atoms with Crippen molar-refractivity contribution in [2.75, 3.05) is 7.05 Å². The molecule has 0 bridgehead atoms. The van der Waals surface area contributed by atoms with Crippen molar-refractivity contribution in [1.82, 2.24) is 10.3 Å². The first-order valence-electron chi connectivity index (χ1n) is 5.88. The highest BCUT2D eigenvalue weighted by Crippen LogP contribution is 2.25. The number of hydrogen-bond donors (Lipinski definition) is 1. The summed E-state index contributed by atoms with van der Waals surface area (Å²) in [7, 11) is 1.97. The van der Waals surface area contributed by atoms with Crippen LogP contribution in [-0.4, -0.2) is 18.1 Å². The molecule has 1 rings (SSSR count). The van der Waals surface area contributed by atoms with Crippen molar-refractivity contribution in [1.29, 1.82) is 0 Å². The fourth-order valence-electron chi connectivity index (χ4n) is 2.25. The molecule has 0 aliphatic rings. The van der Waals surface area contributed by atoms with Crippen LogP contribution >= 0.6 is 0 Å². The van der Waals surface area contributed by atoms with Gasteiger partial charge < -0.3 is 5.32 Å². The van der Waals surface area contributed by atoms with Crippen molar-refractivity contribution in [3.8, 4) is 0 Å². The molecule has 0 aliphatic heterocycles. The van der Waals surface area contributed by atoms with Crippen LogP contribution in [0.2, 0.25) is 0 Å². The van der Waals surface area contributed by atoms with Gasteiger partial charge in [-0.3, -0.25) is 4.98 Å². The molecule has 0 radical (unpaired) electrons. The molecule has 0 saturated carbocycles. The van der Waals surface area contributed by atoms with Crippen molar-refractivity contribution in [3.05, 3.63) is 29.8 Å². The van der Waals surface area contributed by atoms with Crippen molar-refractivity contribution in [2.24, 2.45) is 5.92 Å². The van der Waals surface area contributed by atoms with Gasteiger partial charge in [-0.1, -0.05) is 20.8 Å². The number of aromatic nitrogens is 1. The van der Waals surface area contributed by atoms with Gasteiger partial charge in [-0.2, -0.15) is 0 Å². The molecule has 1 N–H and O–H groups in total. The smallest absolute Gasteiger partial charge is 0.141 e. The summed E-state index contributed by atoms with van der Waals surface area (Å²) >= 11 is 0. The van der Waals surface area contributed by atoms with Crippen molar-refractivity contribution < 1.29 is 4.39 Å². The predicted molar refractivity (Wildman–Crippen MR) is 64.9 cm³/mol. The van der Waals surface area contributed by atoms with Crippen LogP contribution in [0.3, 0.4) is 0 Å². The van der Waals surface area contributed by atoms with Gasteiger partial charge in [0, 0.05) is 17.7 Å². The lowest BCUT2D eigenvalue weighted by atomic mass is 9.86. The van der Waals surface area contributed by atoms with E-state index in [1.54, 1.807) is 6.07 Å². The van der Waals surface area contributed by atoms with Crippen LogP contribution in [0.1, 0.15) is 38.8 Å². The SMILES string of the molecule is CCC(c1ccc(F)cn1)C(NC)C(C)C.